The number of fused-ring (bicyclic) bond motifs is 4. The lowest BCUT2D eigenvalue weighted by molar-refractivity contribution is 0.0851. The fraction of sp³-hybridized carbons (Fsp3) is 0.657. The lowest BCUT2D eigenvalue weighted by Gasteiger charge is -2.48. The summed E-state index contributed by atoms with van der Waals surface area (Å²) in [6.45, 7) is 11.7. The summed E-state index contributed by atoms with van der Waals surface area (Å²) in [6, 6.07) is 9.03. The van der Waals surface area contributed by atoms with Gasteiger partial charge in [-0.25, -0.2) is 23.5 Å². The van der Waals surface area contributed by atoms with Crippen LogP contribution in [-0.4, -0.2) is 25.1 Å². The summed E-state index contributed by atoms with van der Waals surface area (Å²) in [5, 5.41) is 10.7. The van der Waals surface area contributed by atoms with E-state index in [4.69, 9.17) is 0 Å². The molecule has 3 aliphatic carbocycles. The van der Waals surface area contributed by atoms with E-state index in [0.717, 1.165) is 24.3 Å². The lowest BCUT2D eigenvalue weighted by Crippen LogP contribution is -2.51. The molecule has 7 atom stereocenters. The molecular formula is C35H49N3O3. The fourth-order valence-electron chi connectivity index (χ4n) is 9.29. The molecule has 1 aromatic heterocycles. The molecular weight excluding hydrogens is 510 g/mol. The molecule has 4 aliphatic rings. The van der Waals surface area contributed by atoms with Gasteiger partial charge in [-0.1, -0.05) is 77.3 Å². The first-order chi connectivity index (χ1) is 19.6. The molecule has 0 amide bonds. The molecule has 6 nitrogen and oxygen atoms in total. The molecule has 0 spiro atoms. The van der Waals surface area contributed by atoms with E-state index in [1.807, 2.05) is 30.3 Å². The SMILES string of the molecule is CC(C)CCC[C@@H](C)C1CCC2C(C3C=C4CC(O)CCC4(C)n4c(=O)n(-c5ccccc5)c(=O)n43)=CCC[C@@]21C. The van der Waals surface area contributed by atoms with Gasteiger partial charge in [-0.15, -0.1) is 0 Å². The molecule has 2 fully saturated rings. The minimum Gasteiger partial charge on any atom is -0.393 e. The highest BCUT2D eigenvalue weighted by Crippen LogP contribution is 2.61. The number of hydrogen-bond acceptors (Lipinski definition) is 3. The summed E-state index contributed by atoms with van der Waals surface area (Å²) in [5.74, 6) is 2.50. The highest BCUT2D eigenvalue weighted by Gasteiger charge is 2.53. The Morgan fingerprint density at radius 3 is 2.46 bits per heavy atom. The first kappa shape index (κ1) is 28.5. The predicted octanol–water partition coefficient (Wildman–Crippen LogP) is 6.76. The zero-order valence-electron chi connectivity index (χ0n) is 25.7. The molecule has 0 saturated heterocycles. The molecule has 222 valence electrons. The molecule has 0 radical (unpaired) electrons. The topological polar surface area (TPSA) is 69.2 Å². The van der Waals surface area contributed by atoms with E-state index in [9.17, 15) is 14.7 Å². The second kappa shape index (κ2) is 10.6. The standard InChI is InChI=1S/C35H49N3O3/c1-23(2)11-9-12-24(3)29-16-17-30-28(15-10-19-34(29,30)4)31-22-25-21-27(39)18-20-35(25,5)38-33(41)36(32(40)37(31)38)26-13-7-6-8-14-26/h6-8,13-15,22-24,27,29-31,39H,9-12,16-21H2,1-5H3/t24-,27?,29?,30?,31?,34-,35?/m1/s1. The van der Waals surface area contributed by atoms with Crippen LogP contribution in [0.25, 0.3) is 5.69 Å². The molecule has 2 aromatic rings. The van der Waals surface area contributed by atoms with Crippen molar-refractivity contribution in [1.29, 1.82) is 0 Å². The van der Waals surface area contributed by atoms with E-state index >= 15 is 0 Å². The molecule has 6 heteroatoms. The Balaban J connectivity index is 1.43. The fourth-order valence-corrected chi connectivity index (χ4v) is 9.29. The number of benzene rings is 1. The number of nitrogens with zero attached hydrogens (tertiary/aromatic N) is 3. The first-order valence-electron chi connectivity index (χ1n) is 16.2. The van der Waals surface area contributed by atoms with Crippen LogP contribution in [0.3, 0.4) is 0 Å². The van der Waals surface area contributed by atoms with Gasteiger partial charge in [0.2, 0.25) is 0 Å². The molecule has 2 saturated carbocycles. The van der Waals surface area contributed by atoms with Gasteiger partial charge < -0.3 is 5.11 Å². The van der Waals surface area contributed by atoms with Crippen molar-refractivity contribution in [3.63, 3.8) is 0 Å². The number of aliphatic hydroxyl groups excluding tert-OH is 1. The van der Waals surface area contributed by atoms with E-state index in [2.05, 4.69) is 46.8 Å². The van der Waals surface area contributed by atoms with E-state index < -0.39 is 11.6 Å². The maximum Gasteiger partial charge on any atom is 0.352 e. The zero-order chi connectivity index (χ0) is 29.1. The average molecular weight is 560 g/mol. The number of allylic oxidation sites excluding steroid dienone is 3. The molecule has 6 rings (SSSR count). The lowest BCUT2D eigenvalue weighted by atomic mass is 9.61. The number of rotatable bonds is 7. The number of para-hydroxylation sites is 1. The first-order valence-corrected chi connectivity index (χ1v) is 16.2. The summed E-state index contributed by atoms with van der Waals surface area (Å²) >= 11 is 0. The van der Waals surface area contributed by atoms with Crippen molar-refractivity contribution in [3.05, 3.63) is 74.6 Å². The molecule has 1 aromatic carbocycles. The third-order valence-electron chi connectivity index (χ3n) is 11.5. The normalized spacial score (nSPS) is 33.5. The van der Waals surface area contributed by atoms with Gasteiger partial charge in [0.05, 0.1) is 23.4 Å². The summed E-state index contributed by atoms with van der Waals surface area (Å²) in [4.78, 5) is 28.5. The maximum absolute atomic E-state index is 14.3. The predicted molar refractivity (Wildman–Crippen MR) is 164 cm³/mol. The quantitative estimate of drug-likeness (QED) is 0.381. The number of aliphatic hydroxyl groups is 1. The summed E-state index contributed by atoms with van der Waals surface area (Å²) in [7, 11) is 0. The zero-order valence-corrected chi connectivity index (χ0v) is 25.7. The van der Waals surface area contributed by atoms with Crippen LogP contribution in [0.15, 0.2) is 63.2 Å². The molecule has 0 bridgehead atoms. The summed E-state index contributed by atoms with van der Waals surface area (Å²) in [6.07, 6.45) is 14.5. The number of hydrogen-bond donors (Lipinski definition) is 1. The Morgan fingerprint density at radius 2 is 1.73 bits per heavy atom. The minimum absolute atomic E-state index is 0.198. The van der Waals surface area contributed by atoms with Gasteiger partial charge in [0, 0.05) is 0 Å². The van der Waals surface area contributed by atoms with Crippen molar-refractivity contribution in [3.8, 4) is 5.69 Å². The van der Waals surface area contributed by atoms with Gasteiger partial charge in [0.1, 0.15) is 0 Å². The summed E-state index contributed by atoms with van der Waals surface area (Å²) in [5.41, 5.74) is 2.05. The molecule has 5 unspecified atom stereocenters. The molecule has 41 heavy (non-hydrogen) atoms. The van der Waals surface area contributed by atoms with E-state index in [1.165, 1.54) is 42.2 Å². The van der Waals surface area contributed by atoms with Crippen LogP contribution < -0.4 is 11.4 Å². The van der Waals surface area contributed by atoms with Crippen LogP contribution >= 0.6 is 0 Å². The van der Waals surface area contributed by atoms with Gasteiger partial charge in [0.15, 0.2) is 0 Å². The van der Waals surface area contributed by atoms with E-state index in [-0.39, 0.29) is 22.8 Å². The van der Waals surface area contributed by atoms with Gasteiger partial charge in [-0.3, -0.25) is 0 Å². The van der Waals surface area contributed by atoms with Crippen LogP contribution in [0.2, 0.25) is 0 Å². The minimum atomic E-state index is -0.617. The van der Waals surface area contributed by atoms with Crippen LogP contribution in [0.4, 0.5) is 0 Å². The van der Waals surface area contributed by atoms with Crippen LogP contribution in [0.5, 0.6) is 0 Å². The third-order valence-corrected chi connectivity index (χ3v) is 11.5. The molecule has 2 heterocycles. The largest absolute Gasteiger partial charge is 0.393 e. The molecule has 1 N–H and O–H groups in total. The number of aromatic nitrogens is 3. The van der Waals surface area contributed by atoms with Gasteiger partial charge in [-0.05, 0) is 104 Å². The van der Waals surface area contributed by atoms with Crippen LogP contribution in [-0.2, 0) is 5.54 Å². The van der Waals surface area contributed by atoms with Crippen molar-refractivity contribution < 1.29 is 5.11 Å². The highest BCUT2D eigenvalue weighted by molar-refractivity contribution is 5.36. The van der Waals surface area contributed by atoms with Crippen LogP contribution in [0, 0.1) is 29.1 Å². The Kier molecular flexibility index (Phi) is 7.37. The highest BCUT2D eigenvalue weighted by atomic mass is 16.3. The average Bonchev–Trinajstić information content (AvgIpc) is 3.43. The Hall–Kier alpha value is -2.60. The van der Waals surface area contributed by atoms with E-state index in [1.54, 1.807) is 9.36 Å². The Bertz CT molecular complexity index is 1460. The summed E-state index contributed by atoms with van der Waals surface area (Å²) < 4.78 is 4.91. The van der Waals surface area contributed by atoms with Crippen molar-refractivity contribution >= 4 is 0 Å². The van der Waals surface area contributed by atoms with Crippen molar-refractivity contribution in [1.82, 2.24) is 13.9 Å². The van der Waals surface area contributed by atoms with Crippen LogP contribution in [0.1, 0.15) is 105 Å². The Morgan fingerprint density at radius 1 is 0.976 bits per heavy atom. The van der Waals surface area contributed by atoms with Crippen molar-refractivity contribution in [2.45, 2.75) is 117 Å². The van der Waals surface area contributed by atoms with Gasteiger partial charge >= 0.3 is 11.4 Å². The van der Waals surface area contributed by atoms with Gasteiger partial charge in [-0.2, -0.15) is 0 Å². The monoisotopic (exact) mass is 559 g/mol. The van der Waals surface area contributed by atoms with Crippen molar-refractivity contribution in [2.75, 3.05) is 0 Å². The second-order valence-corrected chi connectivity index (χ2v) is 14.5. The van der Waals surface area contributed by atoms with E-state index in [0.29, 0.717) is 42.7 Å². The molecule has 1 aliphatic heterocycles. The van der Waals surface area contributed by atoms with Crippen molar-refractivity contribution in [2.24, 2.45) is 29.1 Å². The Labute approximate surface area is 244 Å². The van der Waals surface area contributed by atoms with Gasteiger partial charge in [0.25, 0.3) is 0 Å². The smallest absolute Gasteiger partial charge is 0.352 e. The third kappa shape index (κ3) is 4.56. The maximum atomic E-state index is 14.3. The second-order valence-electron chi connectivity index (χ2n) is 14.5.